The van der Waals surface area contributed by atoms with Crippen molar-refractivity contribution in [1.82, 2.24) is 5.32 Å². The van der Waals surface area contributed by atoms with Crippen molar-refractivity contribution in [3.63, 3.8) is 0 Å². The van der Waals surface area contributed by atoms with E-state index in [0.29, 0.717) is 6.42 Å². The van der Waals surface area contributed by atoms with Crippen molar-refractivity contribution in [3.05, 3.63) is 0 Å². The first-order chi connectivity index (χ1) is 16.3. The second kappa shape index (κ2) is 14.0. The Labute approximate surface area is 203 Å². The Morgan fingerprint density at radius 2 is 1.63 bits per heavy atom. The number of ether oxygens (including phenoxy) is 6. The third kappa shape index (κ3) is 9.78. The number of rotatable bonds is 12. The van der Waals surface area contributed by atoms with E-state index in [1.165, 1.54) is 6.92 Å². The molecule has 0 spiro atoms. The Balaban J connectivity index is 3.63. The first-order valence-electron chi connectivity index (χ1n) is 11.2. The van der Waals surface area contributed by atoms with E-state index in [4.69, 9.17) is 28.4 Å². The van der Waals surface area contributed by atoms with Crippen molar-refractivity contribution in [3.8, 4) is 0 Å². The van der Waals surface area contributed by atoms with Crippen LogP contribution in [0, 0.1) is 0 Å². The fourth-order valence-corrected chi connectivity index (χ4v) is 3.71. The number of carbonyl (C=O) groups excluding carboxylic acids is 5. The molecule has 13 heteroatoms. The van der Waals surface area contributed by atoms with Gasteiger partial charge in [-0.2, -0.15) is 0 Å². The molecule has 6 atom stereocenters. The van der Waals surface area contributed by atoms with Crippen molar-refractivity contribution < 1.29 is 57.5 Å². The molecule has 1 fully saturated rings. The number of aliphatic hydroxyl groups excluding tert-OH is 1. The topological polar surface area (TPSA) is 173 Å². The Morgan fingerprint density at radius 1 is 1.00 bits per heavy atom. The van der Waals surface area contributed by atoms with E-state index < -0.39 is 79.2 Å². The van der Waals surface area contributed by atoms with E-state index in [9.17, 15) is 29.1 Å². The van der Waals surface area contributed by atoms with Gasteiger partial charge in [0.15, 0.2) is 18.0 Å². The van der Waals surface area contributed by atoms with Crippen LogP contribution in [0.15, 0.2) is 0 Å². The van der Waals surface area contributed by atoms with Crippen LogP contribution in [0.1, 0.15) is 54.4 Å². The highest BCUT2D eigenvalue weighted by Crippen LogP contribution is 2.36. The fourth-order valence-electron chi connectivity index (χ4n) is 3.71. The summed E-state index contributed by atoms with van der Waals surface area (Å²) in [7, 11) is 0. The van der Waals surface area contributed by atoms with E-state index in [2.05, 4.69) is 5.32 Å². The smallest absolute Gasteiger partial charge is 0.303 e. The van der Waals surface area contributed by atoms with Crippen molar-refractivity contribution >= 4 is 29.8 Å². The summed E-state index contributed by atoms with van der Waals surface area (Å²) in [5.41, 5.74) is 0. The maximum atomic E-state index is 12.0. The predicted molar refractivity (Wildman–Crippen MR) is 116 cm³/mol. The van der Waals surface area contributed by atoms with Gasteiger partial charge in [-0.05, 0) is 6.42 Å². The molecule has 1 saturated heterocycles. The van der Waals surface area contributed by atoms with Crippen LogP contribution in [0.25, 0.3) is 0 Å². The first kappa shape index (κ1) is 30.3. The van der Waals surface area contributed by atoms with Crippen molar-refractivity contribution in [2.45, 2.75) is 90.6 Å². The van der Waals surface area contributed by atoms with Gasteiger partial charge in [0.05, 0.1) is 12.6 Å². The van der Waals surface area contributed by atoms with E-state index >= 15 is 0 Å². The third-order valence-corrected chi connectivity index (χ3v) is 4.88. The molecule has 200 valence electrons. The molecule has 0 aromatic rings. The number of aliphatic hydroxyl groups is 1. The quantitative estimate of drug-likeness (QED) is 0.263. The lowest BCUT2D eigenvalue weighted by Gasteiger charge is -2.49. The lowest BCUT2D eigenvalue weighted by atomic mass is 9.88. The van der Waals surface area contributed by atoms with Gasteiger partial charge >= 0.3 is 23.9 Å². The maximum absolute atomic E-state index is 12.0. The largest absolute Gasteiger partial charge is 0.462 e. The SMILES string of the molecule is CCCO[C@]1(CO)C[C@H](OC(C)=O)[C@@H](NC(C)=O)[C@H]([C@H](OC(C)=O)[C@@H](COC(C)=O)OC(C)=O)O1. The molecule has 1 aliphatic rings. The Bertz CT molecular complexity index is 772. The minimum atomic E-state index is -1.71. The molecule has 0 aromatic heterocycles. The van der Waals surface area contributed by atoms with Gasteiger partial charge in [-0.3, -0.25) is 24.0 Å². The van der Waals surface area contributed by atoms with Crippen LogP contribution < -0.4 is 5.32 Å². The third-order valence-electron chi connectivity index (χ3n) is 4.88. The summed E-state index contributed by atoms with van der Waals surface area (Å²) in [5, 5.41) is 12.8. The summed E-state index contributed by atoms with van der Waals surface area (Å²) in [6.07, 6.45) is -4.92. The van der Waals surface area contributed by atoms with Gasteiger partial charge in [0.25, 0.3) is 0 Å². The molecule has 1 amide bonds. The molecule has 0 saturated carbocycles. The molecule has 0 radical (unpaired) electrons. The summed E-state index contributed by atoms with van der Waals surface area (Å²) in [6.45, 7) is 6.49. The highest BCUT2D eigenvalue weighted by Gasteiger charge is 2.55. The number of esters is 4. The van der Waals surface area contributed by atoms with E-state index in [0.717, 1.165) is 27.7 Å². The molecular weight excluding hydrogens is 470 g/mol. The molecule has 0 bridgehead atoms. The normalized spacial score (nSPS) is 25.5. The predicted octanol–water partition coefficient (Wildman–Crippen LogP) is -0.247. The lowest BCUT2D eigenvalue weighted by molar-refractivity contribution is -0.331. The summed E-state index contributed by atoms with van der Waals surface area (Å²) in [5.74, 6) is -5.21. The number of hydrogen-bond acceptors (Lipinski definition) is 12. The number of carbonyl (C=O) groups is 5. The molecule has 13 nitrogen and oxygen atoms in total. The van der Waals surface area contributed by atoms with Crippen LogP contribution >= 0.6 is 0 Å². The van der Waals surface area contributed by atoms with Crippen LogP contribution in [-0.2, 0) is 52.4 Å². The second-order valence-electron chi connectivity index (χ2n) is 8.10. The molecule has 1 heterocycles. The molecule has 0 aliphatic carbocycles. The zero-order chi connectivity index (χ0) is 26.8. The van der Waals surface area contributed by atoms with Crippen molar-refractivity contribution in [2.24, 2.45) is 0 Å². The van der Waals surface area contributed by atoms with Gasteiger partial charge in [0.2, 0.25) is 5.91 Å². The van der Waals surface area contributed by atoms with Crippen molar-refractivity contribution in [1.29, 1.82) is 0 Å². The molecule has 1 aliphatic heterocycles. The zero-order valence-corrected chi connectivity index (χ0v) is 20.9. The van der Waals surface area contributed by atoms with E-state index in [1.54, 1.807) is 0 Å². The van der Waals surface area contributed by atoms with Gasteiger partial charge < -0.3 is 38.8 Å². The highest BCUT2D eigenvalue weighted by atomic mass is 16.7. The standard InChI is InChI=1S/C22H35NO12/c1-7-8-31-22(11-24)9-17(32-14(4)27)19(23-12(2)25)21(35-22)20(34-16(6)29)18(33-15(5)28)10-30-13(3)26/h17-21,24H,7-11H2,1-6H3,(H,23,25)/t17-,18+,19+,20+,21+,22+/m0/s1. The van der Waals surface area contributed by atoms with E-state index in [-0.39, 0.29) is 13.0 Å². The molecule has 0 unspecified atom stereocenters. The summed E-state index contributed by atoms with van der Waals surface area (Å²) < 4.78 is 33.0. The minimum Gasteiger partial charge on any atom is -0.462 e. The molecule has 1 rings (SSSR count). The molecule has 35 heavy (non-hydrogen) atoms. The second-order valence-corrected chi connectivity index (χ2v) is 8.10. The highest BCUT2D eigenvalue weighted by molar-refractivity contribution is 5.73. The lowest BCUT2D eigenvalue weighted by Crippen LogP contribution is -2.68. The monoisotopic (exact) mass is 505 g/mol. The van der Waals surface area contributed by atoms with Crippen LogP contribution in [0.5, 0.6) is 0 Å². The number of hydrogen-bond donors (Lipinski definition) is 2. The molecule has 2 N–H and O–H groups in total. The summed E-state index contributed by atoms with van der Waals surface area (Å²) in [4.78, 5) is 59.2. The zero-order valence-electron chi connectivity index (χ0n) is 20.9. The van der Waals surface area contributed by atoms with Crippen LogP contribution in [0.3, 0.4) is 0 Å². The fraction of sp³-hybridized carbons (Fsp3) is 0.773. The Kier molecular flexibility index (Phi) is 12.1. The Morgan fingerprint density at radius 3 is 2.09 bits per heavy atom. The maximum Gasteiger partial charge on any atom is 0.303 e. The average Bonchev–Trinajstić information content (AvgIpc) is 2.74. The van der Waals surface area contributed by atoms with E-state index in [1.807, 2.05) is 6.92 Å². The Hall–Kier alpha value is -2.77. The van der Waals surface area contributed by atoms with Crippen molar-refractivity contribution in [2.75, 3.05) is 19.8 Å². The van der Waals surface area contributed by atoms with Crippen LogP contribution in [0.2, 0.25) is 0 Å². The van der Waals surface area contributed by atoms with Gasteiger partial charge in [-0.15, -0.1) is 0 Å². The molecular formula is C22H35NO12. The van der Waals surface area contributed by atoms with Crippen LogP contribution in [0.4, 0.5) is 0 Å². The number of amides is 1. The number of nitrogens with one attached hydrogen (secondary N) is 1. The van der Waals surface area contributed by atoms with Gasteiger partial charge in [-0.1, -0.05) is 6.92 Å². The minimum absolute atomic E-state index is 0.157. The first-order valence-corrected chi connectivity index (χ1v) is 11.2. The van der Waals surface area contributed by atoms with Crippen LogP contribution in [-0.4, -0.2) is 91.0 Å². The summed E-state index contributed by atoms with van der Waals surface area (Å²) in [6, 6.07) is -1.12. The van der Waals surface area contributed by atoms with Gasteiger partial charge in [0.1, 0.15) is 18.8 Å². The van der Waals surface area contributed by atoms with Gasteiger partial charge in [0, 0.05) is 47.6 Å². The molecule has 0 aromatic carbocycles. The average molecular weight is 506 g/mol. The van der Waals surface area contributed by atoms with Gasteiger partial charge in [-0.25, -0.2) is 0 Å². The summed E-state index contributed by atoms with van der Waals surface area (Å²) >= 11 is 0.